The summed E-state index contributed by atoms with van der Waals surface area (Å²) in [7, 11) is 0. The Morgan fingerprint density at radius 3 is 3.00 bits per heavy atom. The van der Waals surface area contributed by atoms with Crippen molar-refractivity contribution in [2.75, 3.05) is 6.54 Å². The molecule has 3 radical (unpaired) electrons. The van der Waals surface area contributed by atoms with Gasteiger partial charge in [-0.05, 0) is 0 Å². The molecule has 1 heterocycles. The van der Waals surface area contributed by atoms with Gasteiger partial charge in [-0.3, -0.25) is 0 Å². The summed E-state index contributed by atoms with van der Waals surface area (Å²) in [6.07, 6.45) is 2.24. The molecular formula is C3H2NO. The van der Waals surface area contributed by atoms with Crippen molar-refractivity contribution < 1.29 is 4.74 Å². The van der Waals surface area contributed by atoms with Crippen LogP contribution < -0.4 is 0 Å². The molecular weight excluding hydrogens is 66.0 g/mol. The van der Waals surface area contributed by atoms with Crippen LogP contribution in [0.5, 0.6) is 0 Å². The molecule has 0 saturated carbocycles. The van der Waals surface area contributed by atoms with Gasteiger partial charge in [-0.25, -0.2) is 4.99 Å². The fourth-order valence-electron chi connectivity index (χ4n) is 0.161. The maximum atomic E-state index is 4.28. The van der Waals surface area contributed by atoms with Gasteiger partial charge in [0.25, 0.3) is 6.40 Å². The van der Waals surface area contributed by atoms with Crippen LogP contribution >= 0.6 is 0 Å². The van der Waals surface area contributed by atoms with E-state index < -0.39 is 0 Å². The molecule has 0 fully saturated rings. The Kier molecular flexibility index (Phi) is 0.571. The van der Waals surface area contributed by atoms with Crippen molar-refractivity contribution in [3.05, 3.63) is 6.61 Å². The lowest BCUT2D eigenvalue weighted by Gasteiger charge is -1.70. The Bertz CT molecular complexity index is 44.9. The third kappa shape index (κ3) is 0.375. The molecule has 2 heteroatoms. The van der Waals surface area contributed by atoms with Crippen molar-refractivity contribution in [2.24, 2.45) is 4.99 Å². The molecule has 0 unspecified atom stereocenters. The summed E-state index contributed by atoms with van der Waals surface area (Å²) in [4.78, 5) is 3.50. The van der Waals surface area contributed by atoms with Crippen LogP contribution in [0.4, 0.5) is 0 Å². The Hall–Kier alpha value is -0.530. The number of hydrogen-bond donors (Lipinski definition) is 0. The zero-order chi connectivity index (χ0) is 3.54. The summed E-state index contributed by atoms with van der Waals surface area (Å²) in [5, 5.41) is 0. The SMILES string of the molecule is [C]1CN=[C]O1. The maximum absolute atomic E-state index is 4.28. The molecule has 0 aliphatic carbocycles. The summed E-state index contributed by atoms with van der Waals surface area (Å²) in [5.41, 5.74) is 0. The Labute approximate surface area is 30.5 Å². The van der Waals surface area contributed by atoms with Crippen LogP contribution in [0.25, 0.3) is 0 Å². The van der Waals surface area contributed by atoms with Gasteiger partial charge in [-0.15, -0.1) is 0 Å². The van der Waals surface area contributed by atoms with Gasteiger partial charge in [0.15, 0.2) is 0 Å². The van der Waals surface area contributed by atoms with Gasteiger partial charge in [0, 0.05) is 0 Å². The third-order valence-corrected chi connectivity index (χ3v) is 0.326. The topological polar surface area (TPSA) is 21.6 Å². The minimum absolute atomic E-state index is 0.542. The Morgan fingerprint density at radius 1 is 1.80 bits per heavy atom. The van der Waals surface area contributed by atoms with Gasteiger partial charge in [-0.2, -0.15) is 0 Å². The molecule has 0 aromatic rings. The van der Waals surface area contributed by atoms with Crippen LogP contribution in [0, 0.1) is 6.61 Å². The van der Waals surface area contributed by atoms with Gasteiger partial charge in [0.1, 0.15) is 0 Å². The number of hydrogen-bond acceptors (Lipinski definition) is 2. The molecule has 5 heavy (non-hydrogen) atoms. The summed E-state index contributed by atoms with van der Waals surface area (Å²) >= 11 is 0. The van der Waals surface area contributed by atoms with Crippen molar-refractivity contribution >= 4 is 6.40 Å². The van der Waals surface area contributed by atoms with E-state index in [-0.39, 0.29) is 0 Å². The summed E-state index contributed by atoms with van der Waals surface area (Å²) < 4.78 is 4.28. The van der Waals surface area contributed by atoms with E-state index in [4.69, 9.17) is 0 Å². The van der Waals surface area contributed by atoms with Gasteiger partial charge in [0.2, 0.25) is 6.61 Å². The first-order chi connectivity index (χ1) is 2.50. The van der Waals surface area contributed by atoms with Crippen LogP contribution in [-0.2, 0) is 4.74 Å². The predicted molar refractivity (Wildman–Crippen MR) is 16.6 cm³/mol. The average molecular weight is 68.1 g/mol. The summed E-state index contributed by atoms with van der Waals surface area (Å²) in [6.45, 7) is 2.99. The van der Waals surface area contributed by atoms with E-state index in [0.29, 0.717) is 6.54 Å². The Morgan fingerprint density at radius 2 is 2.80 bits per heavy atom. The average Bonchev–Trinajstić information content (AvgIpc) is 1.76. The van der Waals surface area contributed by atoms with Gasteiger partial charge < -0.3 is 4.74 Å². The third-order valence-electron chi connectivity index (χ3n) is 0.326. The van der Waals surface area contributed by atoms with Gasteiger partial charge in [-0.1, -0.05) is 0 Å². The first kappa shape index (κ1) is 2.69. The van der Waals surface area contributed by atoms with Crippen LogP contribution in [0.2, 0.25) is 0 Å². The van der Waals surface area contributed by atoms with Gasteiger partial charge >= 0.3 is 0 Å². The van der Waals surface area contributed by atoms with Crippen molar-refractivity contribution in [2.45, 2.75) is 0 Å². The van der Waals surface area contributed by atoms with Crippen LogP contribution in [-0.4, -0.2) is 12.9 Å². The molecule has 0 bridgehead atoms. The largest absolute Gasteiger partial charge is 0.456 e. The molecule has 0 atom stereocenters. The van der Waals surface area contributed by atoms with Crippen molar-refractivity contribution in [1.29, 1.82) is 0 Å². The molecule has 0 amide bonds. The lowest BCUT2D eigenvalue weighted by Crippen LogP contribution is -1.70. The molecule has 1 aliphatic heterocycles. The van der Waals surface area contributed by atoms with E-state index in [1.165, 1.54) is 0 Å². The maximum Gasteiger partial charge on any atom is 0.274 e. The van der Waals surface area contributed by atoms with E-state index in [1.54, 1.807) is 0 Å². The molecule has 1 aliphatic rings. The molecule has 0 aromatic heterocycles. The fraction of sp³-hybridized carbons (Fsp3) is 0.333. The molecule has 0 saturated heterocycles. The van der Waals surface area contributed by atoms with Crippen molar-refractivity contribution in [3.63, 3.8) is 0 Å². The zero-order valence-electron chi connectivity index (χ0n) is 2.56. The second-order valence-electron chi connectivity index (χ2n) is 0.654. The quantitative estimate of drug-likeness (QED) is 0.390. The van der Waals surface area contributed by atoms with E-state index in [9.17, 15) is 0 Å². The minimum atomic E-state index is 0.542. The molecule has 1 rings (SSSR count). The predicted octanol–water partition coefficient (Wildman–Crippen LogP) is -0.0393. The standard InChI is InChI=1S/C3H2NO/c1-2-5-3-4-1/h1H2. The van der Waals surface area contributed by atoms with E-state index in [1.807, 2.05) is 0 Å². The minimum Gasteiger partial charge on any atom is -0.456 e. The number of rotatable bonds is 0. The van der Waals surface area contributed by atoms with E-state index in [2.05, 4.69) is 22.7 Å². The molecule has 25 valence electrons. The van der Waals surface area contributed by atoms with Crippen LogP contribution in [0.3, 0.4) is 0 Å². The molecule has 0 aromatic carbocycles. The monoisotopic (exact) mass is 68.0 g/mol. The summed E-state index contributed by atoms with van der Waals surface area (Å²) in [6, 6.07) is 0. The second-order valence-corrected chi connectivity index (χ2v) is 0.654. The molecule has 2 nitrogen and oxygen atoms in total. The van der Waals surface area contributed by atoms with Crippen LogP contribution in [0.15, 0.2) is 4.99 Å². The molecule has 0 spiro atoms. The first-order valence-electron chi connectivity index (χ1n) is 1.30. The van der Waals surface area contributed by atoms with E-state index >= 15 is 0 Å². The van der Waals surface area contributed by atoms with Crippen molar-refractivity contribution in [1.82, 2.24) is 0 Å². The fourth-order valence-corrected chi connectivity index (χ4v) is 0.161. The highest BCUT2D eigenvalue weighted by atomic mass is 16.5. The second kappa shape index (κ2) is 1.06. The highest BCUT2D eigenvalue weighted by Crippen LogP contribution is 1.85. The Balaban J connectivity index is 2.32. The lowest BCUT2D eigenvalue weighted by atomic mass is 10.8. The van der Waals surface area contributed by atoms with E-state index in [0.717, 1.165) is 0 Å². The summed E-state index contributed by atoms with van der Waals surface area (Å²) in [5.74, 6) is 0. The van der Waals surface area contributed by atoms with Crippen LogP contribution in [0.1, 0.15) is 0 Å². The molecule has 0 N–H and O–H groups in total. The number of ether oxygens (including phenoxy) is 1. The number of aliphatic imine (C=N–C) groups is 1. The van der Waals surface area contributed by atoms with Crippen molar-refractivity contribution in [3.8, 4) is 0 Å². The zero-order valence-corrected chi connectivity index (χ0v) is 2.56. The lowest BCUT2D eigenvalue weighted by molar-refractivity contribution is 0.443. The normalized spacial score (nSPS) is 19.2. The smallest absolute Gasteiger partial charge is 0.274 e. The highest BCUT2D eigenvalue weighted by molar-refractivity contribution is 5.49. The number of nitrogens with zero attached hydrogens (tertiary/aromatic N) is 1. The first-order valence-corrected chi connectivity index (χ1v) is 1.30. The highest BCUT2D eigenvalue weighted by Gasteiger charge is 1.90. The van der Waals surface area contributed by atoms with Gasteiger partial charge in [0.05, 0.1) is 6.54 Å².